The highest BCUT2D eigenvalue weighted by Gasteiger charge is 2.40. The highest BCUT2D eigenvalue weighted by molar-refractivity contribution is 5.73. The Bertz CT molecular complexity index is 1630. The average Bonchev–Trinajstić information content (AvgIpc) is 3.45. The van der Waals surface area contributed by atoms with Crippen LogP contribution >= 0.6 is 0 Å². The second-order valence-corrected chi connectivity index (χ2v) is 14.1. The Balaban J connectivity index is 1.55. The molecule has 0 aliphatic heterocycles. The third-order valence-corrected chi connectivity index (χ3v) is 9.91. The Kier molecular flexibility index (Phi) is 19.3. The van der Waals surface area contributed by atoms with E-state index in [1.807, 2.05) is 42.5 Å². The minimum atomic E-state index is -0.631. The highest BCUT2D eigenvalue weighted by Crippen LogP contribution is 2.38. The Morgan fingerprint density at radius 1 is 0.945 bits per heavy atom. The quantitative estimate of drug-likeness (QED) is 0.0622. The number of carbonyl (C=O) groups is 3. The molecule has 12 nitrogen and oxygen atoms in total. The number of amides is 2. The van der Waals surface area contributed by atoms with E-state index in [2.05, 4.69) is 16.8 Å². The van der Waals surface area contributed by atoms with Crippen molar-refractivity contribution in [2.75, 3.05) is 27.2 Å². The summed E-state index contributed by atoms with van der Waals surface area (Å²) in [5, 5.41) is 31.9. The van der Waals surface area contributed by atoms with Crippen LogP contribution in [0.3, 0.4) is 0 Å². The van der Waals surface area contributed by atoms with Crippen molar-refractivity contribution < 1.29 is 43.9 Å². The maximum Gasteiger partial charge on any atom is 0.409 e. The molecule has 298 valence electrons. The van der Waals surface area contributed by atoms with Crippen LogP contribution in [0.15, 0.2) is 48.7 Å². The third kappa shape index (κ3) is 15.1. The van der Waals surface area contributed by atoms with Crippen molar-refractivity contribution in [2.24, 2.45) is 11.8 Å². The molecule has 12 heteroatoms. The monoisotopic (exact) mass is 759 g/mol. The van der Waals surface area contributed by atoms with Gasteiger partial charge in [-0.3, -0.25) is 9.78 Å². The van der Waals surface area contributed by atoms with Gasteiger partial charge in [0.1, 0.15) is 13.2 Å². The normalized spacial score (nSPS) is 18.3. The third-order valence-electron chi connectivity index (χ3n) is 9.91. The number of aryl methyl sites for hydroxylation is 2. The number of hydrogen-bond acceptors (Lipinski definition) is 10. The van der Waals surface area contributed by atoms with Crippen LogP contribution < -0.4 is 4.74 Å². The van der Waals surface area contributed by atoms with Crippen molar-refractivity contribution in [1.29, 1.82) is 0 Å². The van der Waals surface area contributed by atoms with Crippen LogP contribution in [0.1, 0.15) is 86.6 Å². The summed E-state index contributed by atoms with van der Waals surface area (Å²) in [6, 6.07) is 10.0. The van der Waals surface area contributed by atoms with Crippen LogP contribution in [0.4, 0.5) is 9.59 Å². The summed E-state index contributed by atoms with van der Waals surface area (Å²) in [5.74, 6) is 4.33. The number of carbonyl (C=O) groups excluding carboxylic acids is 3. The summed E-state index contributed by atoms with van der Waals surface area (Å²) >= 11 is 0. The van der Waals surface area contributed by atoms with Crippen molar-refractivity contribution in [3.05, 3.63) is 71.1 Å². The number of esters is 1. The van der Waals surface area contributed by atoms with Crippen LogP contribution in [0.5, 0.6) is 5.75 Å². The summed E-state index contributed by atoms with van der Waals surface area (Å²) in [7, 11) is 3.12. The fourth-order valence-corrected chi connectivity index (χ4v) is 6.55. The average molecular weight is 760 g/mol. The van der Waals surface area contributed by atoms with Crippen molar-refractivity contribution in [3.8, 4) is 30.4 Å². The Morgan fingerprint density at radius 3 is 2.24 bits per heavy atom. The maximum atomic E-state index is 13.1. The zero-order valence-corrected chi connectivity index (χ0v) is 32.4. The fraction of sp³-hybridized carbons (Fsp3) is 0.535. The van der Waals surface area contributed by atoms with Crippen LogP contribution in [-0.2, 0) is 33.9 Å². The van der Waals surface area contributed by atoms with Crippen LogP contribution in [0.25, 0.3) is 0 Å². The largest absolute Gasteiger partial charge is 0.444 e. The lowest BCUT2D eigenvalue weighted by Crippen LogP contribution is -2.29. The zero-order valence-electron chi connectivity index (χ0n) is 32.4. The first-order valence-electron chi connectivity index (χ1n) is 19.0. The summed E-state index contributed by atoms with van der Waals surface area (Å²) in [6.45, 7) is 1.76. The van der Waals surface area contributed by atoms with Crippen molar-refractivity contribution in [1.82, 2.24) is 14.8 Å². The number of unbranched alkanes of at least 4 members (excludes halogenated alkanes) is 1. The topological polar surface area (TPSA) is 159 Å². The van der Waals surface area contributed by atoms with Crippen molar-refractivity contribution in [3.63, 3.8) is 0 Å². The Hall–Kier alpha value is -4.88. The molecule has 0 bridgehead atoms. The molecule has 3 rings (SSSR count). The van der Waals surface area contributed by atoms with E-state index in [0.717, 1.165) is 6.42 Å². The molecule has 1 aliphatic carbocycles. The molecule has 2 amide bonds. The first-order chi connectivity index (χ1) is 26.4. The predicted octanol–water partition coefficient (Wildman–Crippen LogP) is 5.73. The number of ether oxygens (including phenoxy) is 3. The van der Waals surface area contributed by atoms with Gasteiger partial charge in [0.05, 0.1) is 24.0 Å². The molecule has 1 heterocycles. The summed E-state index contributed by atoms with van der Waals surface area (Å²) in [6.07, 6.45) is 18.5. The van der Waals surface area contributed by atoms with E-state index >= 15 is 0 Å². The van der Waals surface area contributed by atoms with Gasteiger partial charge in [0, 0.05) is 63.8 Å². The Labute approximate surface area is 325 Å². The molecule has 1 fully saturated rings. The van der Waals surface area contributed by atoms with Crippen LogP contribution in [0, 0.1) is 43.4 Å². The number of nitrogens with zero attached hydrogens (tertiary/aromatic N) is 3. The predicted molar refractivity (Wildman–Crippen MR) is 208 cm³/mol. The number of aromatic nitrogens is 1. The van der Waals surface area contributed by atoms with Crippen molar-refractivity contribution >= 4 is 18.2 Å². The molecule has 0 radical (unpaired) electrons. The Morgan fingerprint density at radius 2 is 1.58 bits per heavy atom. The molecule has 0 saturated heterocycles. The van der Waals surface area contributed by atoms with Gasteiger partial charge in [-0.15, -0.1) is 24.7 Å². The molecule has 1 saturated carbocycles. The van der Waals surface area contributed by atoms with E-state index < -0.39 is 36.5 Å². The van der Waals surface area contributed by atoms with E-state index in [1.54, 1.807) is 21.0 Å². The molecule has 55 heavy (non-hydrogen) atoms. The number of terminal acetylenes is 2. The lowest BCUT2D eigenvalue weighted by atomic mass is 9.85. The number of rotatable bonds is 21. The second kappa shape index (κ2) is 23.8. The molecule has 1 aromatic heterocycles. The van der Waals surface area contributed by atoms with Gasteiger partial charge in [-0.2, -0.15) is 0 Å². The maximum absolute atomic E-state index is 13.1. The molecular weight excluding hydrogens is 702 g/mol. The summed E-state index contributed by atoms with van der Waals surface area (Å²) in [5.41, 5.74) is 2.30. The van der Waals surface area contributed by atoms with Gasteiger partial charge in [0.25, 0.3) is 0 Å². The smallest absolute Gasteiger partial charge is 0.409 e. The minimum absolute atomic E-state index is 0.0886. The number of allylic oxidation sites excluding steroid dienone is 2. The van der Waals surface area contributed by atoms with Gasteiger partial charge < -0.3 is 39.3 Å². The number of aliphatic hydroxyl groups excluding tert-OH is 3. The second-order valence-electron chi connectivity index (χ2n) is 14.1. The van der Waals surface area contributed by atoms with Crippen LogP contribution in [-0.4, -0.2) is 93.8 Å². The fourth-order valence-electron chi connectivity index (χ4n) is 6.55. The lowest BCUT2D eigenvalue weighted by molar-refractivity contribution is -0.134. The first kappa shape index (κ1) is 44.5. The van der Waals surface area contributed by atoms with Gasteiger partial charge in [0.15, 0.2) is 5.75 Å². The number of aliphatic hydroxyl groups is 3. The standard InChI is InChI=1S/C43H57N3O9/c1-6-8-25-45(4)42(51)53-29-33-28-44-31(3)41(37(33)30-54-43(52)46(5)26-9-7-2)55-40(50)20-16-11-10-15-19-35-36(39(49)27-38(35)48)24-23-34(47)22-21-32-17-13-12-14-18-32/h1-2,10,12-15,17-18,28,34-36,38-39,47-49H,8-9,11,16,19-27,29-30H2,3-5H3/b15-10-/t34-,35+,36+,38-,39+/m0/s1. The molecule has 2 aromatic rings. The summed E-state index contributed by atoms with van der Waals surface area (Å²) in [4.78, 5) is 45.3. The highest BCUT2D eigenvalue weighted by atomic mass is 16.6. The van der Waals surface area contributed by atoms with Gasteiger partial charge in [-0.05, 0) is 75.7 Å². The number of pyridine rings is 1. The summed E-state index contributed by atoms with van der Waals surface area (Å²) < 4.78 is 16.8. The van der Waals surface area contributed by atoms with Gasteiger partial charge in [-0.1, -0.05) is 42.5 Å². The molecular formula is C43H57N3O9. The molecule has 1 aromatic carbocycles. The van der Waals surface area contributed by atoms with Gasteiger partial charge in [-0.25, -0.2) is 9.59 Å². The first-order valence-corrected chi connectivity index (χ1v) is 19.0. The molecule has 5 atom stereocenters. The molecule has 0 spiro atoms. The van der Waals surface area contributed by atoms with Gasteiger partial charge in [0.2, 0.25) is 0 Å². The minimum Gasteiger partial charge on any atom is -0.444 e. The van der Waals surface area contributed by atoms with E-state index in [0.29, 0.717) is 87.7 Å². The number of hydrogen-bond donors (Lipinski definition) is 3. The number of benzene rings is 1. The lowest BCUT2D eigenvalue weighted by Gasteiger charge is -2.23. The van der Waals surface area contributed by atoms with Gasteiger partial charge >= 0.3 is 18.2 Å². The zero-order chi connectivity index (χ0) is 40.2. The van der Waals surface area contributed by atoms with E-state index in [9.17, 15) is 29.7 Å². The molecule has 1 aliphatic rings. The van der Waals surface area contributed by atoms with E-state index in [4.69, 9.17) is 27.1 Å². The van der Waals surface area contributed by atoms with E-state index in [1.165, 1.54) is 21.6 Å². The SMILES string of the molecule is C#CCCN(C)C(=O)OCc1cnc(C)c(OC(=O)CCC/C=C\C[C@@H]2[C@@H](CC[C@@H](O)CCc3ccccc3)[C@H](O)C[C@@H]2O)c1COC(=O)N(C)CCC#C. The van der Waals surface area contributed by atoms with E-state index in [-0.39, 0.29) is 37.2 Å². The van der Waals surface area contributed by atoms with Crippen LogP contribution in [0.2, 0.25) is 0 Å². The molecule has 3 N–H and O–H groups in total. The molecule has 0 unspecified atom stereocenters. The van der Waals surface area contributed by atoms with Crippen molar-refractivity contribution in [2.45, 2.75) is 109 Å².